The predicted molar refractivity (Wildman–Crippen MR) is 59.7 cm³/mol. The van der Waals surface area contributed by atoms with E-state index in [1.807, 2.05) is 6.92 Å². The monoisotopic (exact) mass is 203 g/mol. The summed E-state index contributed by atoms with van der Waals surface area (Å²) in [5, 5.41) is 3.47. The Hall–Kier alpha value is -0.120. The van der Waals surface area contributed by atoms with Crippen LogP contribution in [0.2, 0.25) is 0 Å². The van der Waals surface area contributed by atoms with Crippen molar-refractivity contribution in [1.29, 1.82) is 0 Å². The van der Waals surface area contributed by atoms with Gasteiger partial charge in [0.05, 0.1) is 6.61 Å². The van der Waals surface area contributed by atoms with Crippen LogP contribution in [-0.4, -0.2) is 39.5 Å². The van der Waals surface area contributed by atoms with Crippen molar-refractivity contribution < 1.29 is 9.47 Å². The van der Waals surface area contributed by atoms with Gasteiger partial charge in [-0.2, -0.15) is 0 Å². The van der Waals surface area contributed by atoms with Gasteiger partial charge in [0.25, 0.3) is 0 Å². The van der Waals surface area contributed by atoms with Crippen LogP contribution in [0, 0.1) is 0 Å². The SMILES string of the molecule is CCCNC(CCCOCC)COC. The second kappa shape index (κ2) is 11.0. The predicted octanol–water partition coefficient (Wildman–Crippen LogP) is 1.82. The van der Waals surface area contributed by atoms with E-state index in [1.54, 1.807) is 7.11 Å². The van der Waals surface area contributed by atoms with E-state index in [9.17, 15) is 0 Å². The number of hydrogen-bond donors (Lipinski definition) is 1. The standard InChI is InChI=1S/C11H25NO2/c1-4-8-12-11(10-13-3)7-6-9-14-5-2/h11-12H,4-10H2,1-3H3. The van der Waals surface area contributed by atoms with E-state index in [1.165, 1.54) is 6.42 Å². The molecular formula is C11H25NO2. The summed E-state index contributed by atoms with van der Waals surface area (Å²) < 4.78 is 10.5. The van der Waals surface area contributed by atoms with Crippen LogP contribution in [0.3, 0.4) is 0 Å². The van der Waals surface area contributed by atoms with Crippen molar-refractivity contribution in [2.45, 2.75) is 39.2 Å². The van der Waals surface area contributed by atoms with Crippen molar-refractivity contribution >= 4 is 0 Å². The fraction of sp³-hybridized carbons (Fsp3) is 1.00. The molecule has 0 saturated heterocycles. The van der Waals surface area contributed by atoms with E-state index in [4.69, 9.17) is 9.47 Å². The molecule has 1 atom stereocenters. The minimum Gasteiger partial charge on any atom is -0.383 e. The van der Waals surface area contributed by atoms with Gasteiger partial charge < -0.3 is 14.8 Å². The molecule has 0 aromatic heterocycles. The van der Waals surface area contributed by atoms with Crippen molar-refractivity contribution in [3.05, 3.63) is 0 Å². The van der Waals surface area contributed by atoms with Gasteiger partial charge in [-0.3, -0.25) is 0 Å². The van der Waals surface area contributed by atoms with Crippen LogP contribution in [0.5, 0.6) is 0 Å². The summed E-state index contributed by atoms with van der Waals surface area (Å²) in [7, 11) is 1.75. The van der Waals surface area contributed by atoms with Gasteiger partial charge in [0.15, 0.2) is 0 Å². The van der Waals surface area contributed by atoms with Gasteiger partial charge in [0, 0.05) is 26.4 Å². The molecule has 0 amide bonds. The highest BCUT2D eigenvalue weighted by Crippen LogP contribution is 1.98. The van der Waals surface area contributed by atoms with Crippen molar-refractivity contribution in [2.75, 3.05) is 33.5 Å². The highest BCUT2D eigenvalue weighted by Gasteiger charge is 2.06. The van der Waals surface area contributed by atoms with Gasteiger partial charge in [-0.25, -0.2) is 0 Å². The van der Waals surface area contributed by atoms with Crippen LogP contribution in [0.4, 0.5) is 0 Å². The molecule has 0 spiro atoms. The smallest absolute Gasteiger partial charge is 0.0615 e. The van der Waals surface area contributed by atoms with E-state index < -0.39 is 0 Å². The minimum atomic E-state index is 0.486. The number of hydrogen-bond acceptors (Lipinski definition) is 3. The van der Waals surface area contributed by atoms with Crippen molar-refractivity contribution in [3.63, 3.8) is 0 Å². The third-order valence-corrected chi connectivity index (χ3v) is 2.10. The van der Waals surface area contributed by atoms with E-state index in [2.05, 4.69) is 12.2 Å². The molecule has 1 unspecified atom stereocenters. The first-order chi connectivity index (χ1) is 6.85. The van der Waals surface area contributed by atoms with Gasteiger partial charge in [0.1, 0.15) is 0 Å². The van der Waals surface area contributed by atoms with Gasteiger partial charge >= 0.3 is 0 Å². The molecule has 0 bridgehead atoms. The highest BCUT2D eigenvalue weighted by molar-refractivity contribution is 4.65. The van der Waals surface area contributed by atoms with Gasteiger partial charge in [-0.15, -0.1) is 0 Å². The lowest BCUT2D eigenvalue weighted by atomic mass is 10.1. The summed E-state index contributed by atoms with van der Waals surface area (Å²) >= 11 is 0. The van der Waals surface area contributed by atoms with Crippen LogP contribution >= 0.6 is 0 Å². The first-order valence-corrected chi connectivity index (χ1v) is 5.65. The van der Waals surface area contributed by atoms with Crippen LogP contribution in [0.25, 0.3) is 0 Å². The molecule has 0 aromatic carbocycles. The first kappa shape index (κ1) is 13.9. The molecule has 0 radical (unpaired) electrons. The summed E-state index contributed by atoms with van der Waals surface area (Å²) in [6.07, 6.45) is 3.41. The second-order valence-electron chi connectivity index (χ2n) is 3.45. The van der Waals surface area contributed by atoms with Gasteiger partial charge in [0.2, 0.25) is 0 Å². The molecule has 0 aliphatic rings. The van der Waals surface area contributed by atoms with E-state index >= 15 is 0 Å². The summed E-state index contributed by atoms with van der Waals surface area (Å²) in [5.41, 5.74) is 0. The molecule has 0 aliphatic carbocycles. The number of ether oxygens (including phenoxy) is 2. The quantitative estimate of drug-likeness (QED) is 0.549. The molecule has 0 saturated carbocycles. The molecule has 3 nitrogen and oxygen atoms in total. The molecule has 1 N–H and O–H groups in total. The molecule has 0 heterocycles. The molecule has 0 aromatic rings. The van der Waals surface area contributed by atoms with E-state index in [-0.39, 0.29) is 0 Å². The molecule has 0 aliphatic heterocycles. The maximum absolute atomic E-state index is 5.30. The lowest BCUT2D eigenvalue weighted by molar-refractivity contribution is 0.127. The second-order valence-corrected chi connectivity index (χ2v) is 3.45. The molecule has 14 heavy (non-hydrogen) atoms. The fourth-order valence-electron chi connectivity index (χ4n) is 1.37. The van der Waals surface area contributed by atoms with E-state index in [0.717, 1.165) is 39.2 Å². The lowest BCUT2D eigenvalue weighted by Crippen LogP contribution is -2.33. The Balaban J connectivity index is 3.40. The Bertz CT molecular complexity index is 109. The normalized spacial score (nSPS) is 13.1. The third kappa shape index (κ3) is 8.48. The average molecular weight is 203 g/mol. The topological polar surface area (TPSA) is 30.5 Å². The van der Waals surface area contributed by atoms with Crippen LogP contribution in [-0.2, 0) is 9.47 Å². The van der Waals surface area contributed by atoms with Crippen LogP contribution in [0.1, 0.15) is 33.1 Å². The average Bonchev–Trinajstić information content (AvgIpc) is 2.20. The maximum Gasteiger partial charge on any atom is 0.0615 e. The van der Waals surface area contributed by atoms with Gasteiger partial charge in [-0.05, 0) is 32.7 Å². The summed E-state index contributed by atoms with van der Waals surface area (Å²) in [4.78, 5) is 0. The van der Waals surface area contributed by atoms with Crippen LogP contribution in [0.15, 0.2) is 0 Å². The lowest BCUT2D eigenvalue weighted by Gasteiger charge is -2.17. The Kier molecular flexibility index (Phi) is 10.9. The number of nitrogens with one attached hydrogen (secondary N) is 1. The summed E-state index contributed by atoms with van der Waals surface area (Å²) in [6.45, 7) is 7.76. The molecule has 3 heteroatoms. The largest absolute Gasteiger partial charge is 0.383 e. The van der Waals surface area contributed by atoms with Crippen LogP contribution < -0.4 is 5.32 Å². The van der Waals surface area contributed by atoms with Crippen molar-refractivity contribution in [2.24, 2.45) is 0 Å². The Morgan fingerprint density at radius 3 is 2.64 bits per heavy atom. The third-order valence-electron chi connectivity index (χ3n) is 2.10. The summed E-state index contributed by atoms with van der Waals surface area (Å²) in [5.74, 6) is 0. The molecule has 0 fully saturated rings. The zero-order valence-electron chi connectivity index (χ0n) is 9.84. The summed E-state index contributed by atoms with van der Waals surface area (Å²) in [6, 6.07) is 0.486. The molecule has 0 rings (SSSR count). The number of rotatable bonds is 10. The van der Waals surface area contributed by atoms with E-state index in [0.29, 0.717) is 6.04 Å². The van der Waals surface area contributed by atoms with Crippen molar-refractivity contribution in [1.82, 2.24) is 5.32 Å². The molecular weight excluding hydrogens is 178 g/mol. The maximum atomic E-state index is 5.30. The first-order valence-electron chi connectivity index (χ1n) is 5.65. The molecule has 86 valence electrons. The Labute approximate surface area is 88.2 Å². The van der Waals surface area contributed by atoms with Gasteiger partial charge in [-0.1, -0.05) is 6.92 Å². The minimum absolute atomic E-state index is 0.486. The van der Waals surface area contributed by atoms with Crippen molar-refractivity contribution in [3.8, 4) is 0 Å². The fourth-order valence-corrected chi connectivity index (χ4v) is 1.37. The zero-order chi connectivity index (χ0) is 10.6. The Morgan fingerprint density at radius 2 is 2.07 bits per heavy atom. The zero-order valence-corrected chi connectivity index (χ0v) is 9.84. The Morgan fingerprint density at radius 1 is 1.29 bits per heavy atom. The number of methoxy groups -OCH3 is 1. The highest BCUT2D eigenvalue weighted by atomic mass is 16.5.